The number of ether oxygens (including phenoxy) is 1. The number of aromatic nitrogens is 2. The molecule has 0 saturated carbocycles. The van der Waals surface area contributed by atoms with Gasteiger partial charge >= 0.3 is 6.18 Å². The van der Waals surface area contributed by atoms with Gasteiger partial charge in [-0.2, -0.15) is 18.3 Å². The molecule has 1 heterocycles. The maximum absolute atomic E-state index is 13.5. The number of rotatable bonds is 7. The molecule has 2 aromatic rings. The van der Waals surface area contributed by atoms with Crippen LogP contribution in [0, 0.1) is 0 Å². The second-order valence-electron chi connectivity index (χ2n) is 6.48. The Morgan fingerprint density at radius 2 is 2.00 bits per heavy atom. The Hall–Kier alpha value is -2.71. The molecule has 2 rings (SSSR count). The second kappa shape index (κ2) is 9.48. The van der Waals surface area contributed by atoms with Gasteiger partial charge in [0, 0.05) is 19.8 Å². The molecule has 0 unspecified atom stereocenters. The van der Waals surface area contributed by atoms with Gasteiger partial charge in [-0.15, -0.1) is 0 Å². The number of aliphatic imine (C=N–C) groups is 1. The van der Waals surface area contributed by atoms with Crippen LogP contribution in [0.3, 0.4) is 0 Å². The third-order valence-electron chi connectivity index (χ3n) is 3.87. The molecule has 0 amide bonds. The standard InChI is InChI=1S/C19H26F3N5O/c1-5-23-18(25-12-15-8-9-26-27(15)4)24-11-14-6-7-16(28-13(2)3)10-17(14)19(20,21)22/h6-10,13H,5,11-12H2,1-4H3,(H2,23,24,25). The number of alkyl halides is 3. The summed E-state index contributed by atoms with van der Waals surface area (Å²) in [6, 6.07) is 5.83. The minimum atomic E-state index is -4.48. The first-order valence-electron chi connectivity index (χ1n) is 9.06. The maximum Gasteiger partial charge on any atom is 0.416 e. The topological polar surface area (TPSA) is 63.5 Å². The van der Waals surface area contributed by atoms with E-state index in [0.717, 1.165) is 11.8 Å². The van der Waals surface area contributed by atoms with Crippen molar-refractivity contribution < 1.29 is 17.9 Å². The highest BCUT2D eigenvalue weighted by atomic mass is 19.4. The van der Waals surface area contributed by atoms with Crippen molar-refractivity contribution in [1.29, 1.82) is 0 Å². The lowest BCUT2D eigenvalue weighted by molar-refractivity contribution is -0.138. The van der Waals surface area contributed by atoms with E-state index in [2.05, 4.69) is 20.7 Å². The van der Waals surface area contributed by atoms with Crippen molar-refractivity contribution in [3.8, 4) is 5.75 Å². The molecule has 154 valence electrons. The third-order valence-corrected chi connectivity index (χ3v) is 3.87. The van der Waals surface area contributed by atoms with Gasteiger partial charge in [0.05, 0.1) is 30.5 Å². The zero-order chi connectivity index (χ0) is 20.7. The Balaban J connectivity index is 2.19. The van der Waals surface area contributed by atoms with Crippen LogP contribution in [0.5, 0.6) is 5.75 Å². The van der Waals surface area contributed by atoms with Crippen LogP contribution < -0.4 is 15.4 Å². The molecule has 0 radical (unpaired) electrons. The van der Waals surface area contributed by atoms with Gasteiger partial charge in [-0.3, -0.25) is 4.68 Å². The van der Waals surface area contributed by atoms with Crippen molar-refractivity contribution in [3.63, 3.8) is 0 Å². The summed E-state index contributed by atoms with van der Waals surface area (Å²) in [6.45, 7) is 6.35. The summed E-state index contributed by atoms with van der Waals surface area (Å²) in [5, 5.41) is 10.2. The molecule has 28 heavy (non-hydrogen) atoms. The smallest absolute Gasteiger partial charge is 0.416 e. The number of halogens is 3. The van der Waals surface area contributed by atoms with Crippen LogP contribution >= 0.6 is 0 Å². The van der Waals surface area contributed by atoms with Crippen LogP contribution in [-0.2, 0) is 26.3 Å². The fourth-order valence-corrected chi connectivity index (χ4v) is 2.56. The van der Waals surface area contributed by atoms with Crippen LogP contribution in [0.25, 0.3) is 0 Å². The first kappa shape index (κ1) is 21.6. The molecule has 0 spiro atoms. The first-order chi connectivity index (χ1) is 13.2. The zero-order valence-corrected chi connectivity index (χ0v) is 16.5. The molecule has 1 aromatic heterocycles. The summed E-state index contributed by atoms with van der Waals surface area (Å²) in [6.07, 6.45) is -3.01. The predicted molar refractivity (Wildman–Crippen MR) is 102 cm³/mol. The van der Waals surface area contributed by atoms with Crippen molar-refractivity contribution in [1.82, 2.24) is 20.4 Å². The lowest BCUT2D eigenvalue weighted by atomic mass is 10.1. The van der Waals surface area contributed by atoms with Crippen molar-refractivity contribution in [3.05, 3.63) is 47.3 Å². The highest BCUT2D eigenvalue weighted by molar-refractivity contribution is 5.79. The molecule has 0 aliphatic rings. The third kappa shape index (κ3) is 6.17. The summed E-state index contributed by atoms with van der Waals surface area (Å²) in [5.74, 6) is 0.621. The Labute approximate surface area is 162 Å². The first-order valence-corrected chi connectivity index (χ1v) is 9.06. The van der Waals surface area contributed by atoms with Gasteiger partial charge in [-0.05, 0) is 44.5 Å². The predicted octanol–water partition coefficient (Wildman–Crippen LogP) is 3.48. The van der Waals surface area contributed by atoms with Crippen LogP contribution in [0.1, 0.15) is 37.6 Å². The minimum Gasteiger partial charge on any atom is -0.491 e. The van der Waals surface area contributed by atoms with E-state index in [0.29, 0.717) is 19.0 Å². The lowest BCUT2D eigenvalue weighted by Gasteiger charge is -2.16. The summed E-state index contributed by atoms with van der Waals surface area (Å²) < 4.78 is 47.5. The fraction of sp³-hybridized carbons (Fsp3) is 0.474. The number of nitrogens with one attached hydrogen (secondary N) is 2. The fourth-order valence-electron chi connectivity index (χ4n) is 2.56. The van der Waals surface area contributed by atoms with Gasteiger partial charge in [-0.1, -0.05) is 6.07 Å². The van der Waals surface area contributed by atoms with Crippen LogP contribution in [-0.4, -0.2) is 28.4 Å². The molecule has 0 fully saturated rings. The minimum absolute atomic E-state index is 0.0846. The monoisotopic (exact) mass is 397 g/mol. The lowest BCUT2D eigenvalue weighted by Crippen LogP contribution is -2.37. The van der Waals surface area contributed by atoms with Crippen molar-refractivity contribution >= 4 is 5.96 Å². The molecule has 0 atom stereocenters. The van der Waals surface area contributed by atoms with Crippen LogP contribution in [0.2, 0.25) is 0 Å². The van der Waals surface area contributed by atoms with E-state index in [-0.39, 0.29) is 24.0 Å². The number of guanidine groups is 1. The van der Waals surface area contributed by atoms with Crippen LogP contribution in [0.15, 0.2) is 35.5 Å². The molecule has 0 aliphatic carbocycles. The number of aryl methyl sites for hydroxylation is 1. The molecule has 0 aliphatic heterocycles. The molecule has 1 aromatic carbocycles. The molecule has 6 nitrogen and oxygen atoms in total. The summed E-state index contributed by atoms with van der Waals surface area (Å²) in [7, 11) is 1.82. The van der Waals surface area contributed by atoms with Crippen molar-refractivity contribution in [2.75, 3.05) is 6.54 Å². The van der Waals surface area contributed by atoms with Crippen molar-refractivity contribution in [2.45, 2.75) is 46.1 Å². The van der Waals surface area contributed by atoms with E-state index in [1.807, 2.05) is 20.0 Å². The SMILES string of the molecule is CCNC(=NCc1ccc(OC(C)C)cc1C(F)(F)F)NCc1ccnn1C. The molecule has 0 saturated heterocycles. The van der Waals surface area contributed by atoms with E-state index < -0.39 is 11.7 Å². The Bertz CT molecular complexity index is 799. The summed E-state index contributed by atoms with van der Waals surface area (Å²) in [5.41, 5.74) is 0.273. The van der Waals surface area contributed by atoms with Gasteiger partial charge in [-0.25, -0.2) is 4.99 Å². The van der Waals surface area contributed by atoms with Gasteiger partial charge in [0.25, 0.3) is 0 Å². The molecule has 9 heteroatoms. The van der Waals surface area contributed by atoms with Gasteiger partial charge in [0.15, 0.2) is 5.96 Å². The van der Waals surface area contributed by atoms with E-state index in [1.54, 1.807) is 24.7 Å². The van der Waals surface area contributed by atoms with Crippen molar-refractivity contribution in [2.24, 2.45) is 12.0 Å². The van der Waals surface area contributed by atoms with Gasteiger partial charge in [0.1, 0.15) is 5.75 Å². The summed E-state index contributed by atoms with van der Waals surface area (Å²) in [4.78, 5) is 4.30. The molecular formula is C19H26F3N5O. The van der Waals surface area contributed by atoms with Gasteiger partial charge < -0.3 is 15.4 Å². The van der Waals surface area contributed by atoms with E-state index in [4.69, 9.17) is 4.74 Å². The number of nitrogens with zero attached hydrogens (tertiary/aromatic N) is 3. The molecule has 0 bridgehead atoms. The highest BCUT2D eigenvalue weighted by Crippen LogP contribution is 2.35. The maximum atomic E-state index is 13.5. The molecule has 2 N–H and O–H groups in total. The number of hydrogen-bond donors (Lipinski definition) is 2. The average molecular weight is 397 g/mol. The molecular weight excluding hydrogens is 371 g/mol. The Kier molecular flexibility index (Phi) is 7.31. The zero-order valence-electron chi connectivity index (χ0n) is 16.5. The number of benzene rings is 1. The number of hydrogen-bond acceptors (Lipinski definition) is 3. The quantitative estimate of drug-likeness (QED) is 0.555. The van der Waals surface area contributed by atoms with Crippen LogP contribution in [0.4, 0.5) is 13.2 Å². The van der Waals surface area contributed by atoms with E-state index in [9.17, 15) is 13.2 Å². The summed E-state index contributed by atoms with van der Waals surface area (Å²) >= 11 is 0. The van der Waals surface area contributed by atoms with Gasteiger partial charge in [0.2, 0.25) is 0 Å². The Morgan fingerprint density at radius 3 is 2.57 bits per heavy atom. The highest BCUT2D eigenvalue weighted by Gasteiger charge is 2.33. The largest absolute Gasteiger partial charge is 0.491 e. The Morgan fingerprint density at radius 1 is 1.25 bits per heavy atom. The normalized spacial score (nSPS) is 12.4. The second-order valence-corrected chi connectivity index (χ2v) is 6.48. The van der Waals surface area contributed by atoms with E-state index >= 15 is 0 Å². The average Bonchev–Trinajstić information content (AvgIpc) is 3.01. The van der Waals surface area contributed by atoms with E-state index in [1.165, 1.54) is 12.1 Å².